The van der Waals surface area contributed by atoms with Crippen molar-refractivity contribution in [1.29, 1.82) is 0 Å². The molecule has 0 saturated carbocycles. The number of nitrogens with one attached hydrogen (secondary N) is 1. The lowest BCUT2D eigenvalue weighted by molar-refractivity contribution is 1.43. The molecule has 0 bridgehead atoms. The van der Waals surface area contributed by atoms with E-state index in [4.69, 9.17) is 0 Å². The molecule has 1 heteroatoms. The standard InChI is InChI=1S/C18H13N/c1-3-10-16-13(6-1)8-5-9-15-12-14-7-2-4-11-17(14)19-18(15)16/h1-12,19H. The van der Waals surface area contributed by atoms with Crippen molar-refractivity contribution in [3.63, 3.8) is 0 Å². The first kappa shape index (κ1) is 10.4. The van der Waals surface area contributed by atoms with Crippen molar-refractivity contribution in [3.8, 4) is 0 Å². The van der Waals surface area contributed by atoms with Gasteiger partial charge in [-0.2, -0.15) is 0 Å². The smallest absolute Gasteiger partial charge is 0.0537 e. The van der Waals surface area contributed by atoms with Crippen LogP contribution < -0.4 is 15.8 Å². The van der Waals surface area contributed by atoms with Crippen LogP contribution >= 0.6 is 0 Å². The zero-order chi connectivity index (χ0) is 12.7. The van der Waals surface area contributed by atoms with Crippen molar-refractivity contribution >= 4 is 23.5 Å². The highest BCUT2D eigenvalue weighted by atomic mass is 14.9. The average molecular weight is 243 g/mol. The van der Waals surface area contributed by atoms with Crippen LogP contribution in [-0.4, -0.2) is 0 Å². The van der Waals surface area contributed by atoms with Gasteiger partial charge in [-0.3, -0.25) is 0 Å². The van der Waals surface area contributed by atoms with E-state index in [1.807, 2.05) is 0 Å². The number of fused-ring (bicyclic) bond motifs is 3. The molecule has 1 nitrogen and oxygen atoms in total. The maximum absolute atomic E-state index is 3.57. The molecule has 2 aliphatic rings. The Labute approximate surface area is 111 Å². The lowest BCUT2D eigenvalue weighted by Gasteiger charge is -2.20. The van der Waals surface area contributed by atoms with Crippen LogP contribution in [0.25, 0.3) is 17.8 Å². The van der Waals surface area contributed by atoms with Crippen LogP contribution in [0.15, 0.2) is 66.3 Å². The minimum absolute atomic E-state index is 1.17. The molecule has 2 aromatic carbocycles. The Morgan fingerprint density at radius 2 is 1.68 bits per heavy atom. The fourth-order valence-corrected chi connectivity index (χ4v) is 2.66. The largest absolute Gasteiger partial charge is 0.354 e. The molecule has 1 aliphatic heterocycles. The molecule has 0 aromatic heterocycles. The van der Waals surface area contributed by atoms with Gasteiger partial charge in [-0.25, -0.2) is 0 Å². The lowest BCUT2D eigenvalue weighted by atomic mass is 10.00. The van der Waals surface area contributed by atoms with E-state index in [0.29, 0.717) is 0 Å². The van der Waals surface area contributed by atoms with Crippen LogP contribution in [-0.2, 0) is 0 Å². The number of anilines is 1. The van der Waals surface area contributed by atoms with Crippen LogP contribution in [0.5, 0.6) is 0 Å². The van der Waals surface area contributed by atoms with Crippen LogP contribution in [0, 0.1) is 0 Å². The summed E-state index contributed by atoms with van der Waals surface area (Å²) in [4.78, 5) is 0. The third-order valence-corrected chi connectivity index (χ3v) is 3.60. The number of para-hydroxylation sites is 1. The van der Waals surface area contributed by atoms with Gasteiger partial charge >= 0.3 is 0 Å². The molecule has 0 radical (unpaired) electrons. The van der Waals surface area contributed by atoms with Gasteiger partial charge in [0, 0.05) is 10.9 Å². The summed E-state index contributed by atoms with van der Waals surface area (Å²) in [6.45, 7) is 0. The van der Waals surface area contributed by atoms with Gasteiger partial charge < -0.3 is 5.32 Å². The van der Waals surface area contributed by atoms with Crippen molar-refractivity contribution in [2.24, 2.45) is 0 Å². The van der Waals surface area contributed by atoms with E-state index in [2.05, 4.69) is 78.2 Å². The van der Waals surface area contributed by atoms with Crippen molar-refractivity contribution in [3.05, 3.63) is 82.3 Å². The Kier molecular flexibility index (Phi) is 2.18. The van der Waals surface area contributed by atoms with Crippen molar-refractivity contribution in [1.82, 2.24) is 0 Å². The summed E-state index contributed by atoms with van der Waals surface area (Å²) in [7, 11) is 0. The second kappa shape index (κ2) is 3.99. The molecule has 19 heavy (non-hydrogen) atoms. The fraction of sp³-hybridized carbons (Fsp3) is 0. The highest BCUT2D eigenvalue weighted by Gasteiger charge is 2.14. The van der Waals surface area contributed by atoms with E-state index in [1.165, 1.54) is 33.0 Å². The lowest BCUT2D eigenvalue weighted by Crippen LogP contribution is -2.29. The summed E-state index contributed by atoms with van der Waals surface area (Å²) in [6.07, 6.45) is 8.69. The van der Waals surface area contributed by atoms with Crippen molar-refractivity contribution in [2.75, 3.05) is 5.32 Å². The van der Waals surface area contributed by atoms with E-state index in [-0.39, 0.29) is 0 Å². The average Bonchev–Trinajstić information content (AvgIpc) is 2.64. The van der Waals surface area contributed by atoms with Gasteiger partial charge in [-0.05, 0) is 28.5 Å². The summed E-state index contributed by atoms with van der Waals surface area (Å²) in [5.41, 5.74) is 4.84. The Morgan fingerprint density at radius 3 is 2.68 bits per heavy atom. The summed E-state index contributed by atoms with van der Waals surface area (Å²) in [5.74, 6) is 0. The quantitative estimate of drug-likeness (QED) is 0.750. The first-order valence-corrected chi connectivity index (χ1v) is 6.48. The van der Waals surface area contributed by atoms with E-state index in [0.717, 1.165) is 0 Å². The molecule has 0 unspecified atom stereocenters. The molecular formula is C18H13N. The van der Waals surface area contributed by atoms with Crippen LogP contribution in [0.2, 0.25) is 0 Å². The summed E-state index contributed by atoms with van der Waals surface area (Å²) in [6, 6.07) is 16.9. The molecule has 0 amide bonds. The summed E-state index contributed by atoms with van der Waals surface area (Å²) in [5, 5.41) is 6.08. The number of benzene rings is 2. The molecule has 0 saturated heterocycles. The second-order valence-electron chi connectivity index (χ2n) is 4.80. The number of allylic oxidation sites excluding steroid dienone is 1. The monoisotopic (exact) mass is 243 g/mol. The molecule has 1 heterocycles. The van der Waals surface area contributed by atoms with Crippen molar-refractivity contribution in [2.45, 2.75) is 0 Å². The van der Waals surface area contributed by atoms with E-state index in [1.54, 1.807) is 0 Å². The third kappa shape index (κ3) is 1.63. The maximum atomic E-state index is 3.57. The SMILES string of the molecule is C1=CC2=Cc3ccccc3NC2=c2ccccc2=C1. The maximum Gasteiger partial charge on any atom is 0.0537 e. The van der Waals surface area contributed by atoms with Crippen LogP contribution in [0.3, 0.4) is 0 Å². The predicted molar refractivity (Wildman–Crippen MR) is 80.7 cm³/mol. The minimum Gasteiger partial charge on any atom is -0.354 e. The second-order valence-corrected chi connectivity index (χ2v) is 4.80. The normalized spacial score (nSPS) is 15.2. The van der Waals surface area contributed by atoms with Gasteiger partial charge in [0.2, 0.25) is 0 Å². The van der Waals surface area contributed by atoms with Gasteiger partial charge in [0.05, 0.1) is 5.70 Å². The van der Waals surface area contributed by atoms with E-state index in [9.17, 15) is 0 Å². The van der Waals surface area contributed by atoms with Gasteiger partial charge in [0.25, 0.3) is 0 Å². The molecule has 0 spiro atoms. The van der Waals surface area contributed by atoms with Gasteiger partial charge in [0.15, 0.2) is 0 Å². The first-order chi connectivity index (χ1) is 9.42. The number of rotatable bonds is 0. The Bertz CT molecular complexity index is 838. The highest BCUT2D eigenvalue weighted by Crippen LogP contribution is 2.29. The van der Waals surface area contributed by atoms with Crippen LogP contribution in [0.4, 0.5) is 5.69 Å². The van der Waals surface area contributed by atoms with Gasteiger partial charge in [-0.15, -0.1) is 0 Å². The van der Waals surface area contributed by atoms with E-state index >= 15 is 0 Å². The Hall–Kier alpha value is -2.54. The zero-order valence-electron chi connectivity index (χ0n) is 10.4. The van der Waals surface area contributed by atoms with Gasteiger partial charge in [0.1, 0.15) is 0 Å². The van der Waals surface area contributed by atoms with Gasteiger partial charge in [-0.1, -0.05) is 60.7 Å². The summed E-state index contributed by atoms with van der Waals surface area (Å²) < 4.78 is 0. The molecule has 1 N–H and O–H groups in total. The highest BCUT2D eigenvalue weighted by molar-refractivity contribution is 5.93. The zero-order valence-corrected chi connectivity index (χ0v) is 10.4. The summed E-state index contributed by atoms with van der Waals surface area (Å²) >= 11 is 0. The topological polar surface area (TPSA) is 12.0 Å². The van der Waals surface area contributed by atoms with Crippen molar-refractivity contribution < 1.29 is 0 Å². The molecule has 0 atom stereocenters. The molecule has 4 rings (SSSR count). The van der Waals surface area contributed by atoms with E-state index < -0.39 is 0 Å². The fourth-order valence-electron chi connectivity index (χ4n) is 2.66. The predicted octanol–water partition coefficient (Wildman–Crippen LogP) is 2.65. The number of hydrogen-bond acceptors (Lipinski definition) is 1. The molecule has 90 valence electrons. The Balaban J connectivity index is 2.09. The first-order valence-electron chi connectivity index (χ1n) is 6.48. The third-order valence-electron chi connectivity index (χ3n) is 3.60. The molecular weight excluding hydrogens is 230 g/mol. The minimum atomic E-state index is 1.17. The number of hydrogen-bond donors (Lipinski definition) is 1. The molecule has 1 aliphatic carbocycles. The Morgan fingerprint density at radius 1 is 0.842 bits per heavy atom. The molecule has 2 aromatic rings. The molecule has 0 fully saturated rings. The van der Waals surface area contributed by atoms with Crippen LogP contribution in [0.1, 0.15) is 5.56 Å².